The molecule has 0 aliphatic heterocycles. The molecule has 1 N–H and O–H groups in total. The number of likely N-dealkylation sites (N-methyl/N-ethyl adjacent to an activating group) is 1. The Kier molecular flexibility index (Phi) is 7.55. The number of nitrogens with zero attached hydrogens (tertiary/aromatic N) is 2. The molecular formula is C23H22ClF2N3O2. The van der Waals surface area contributed by atoms with E-state index in [-0.39, 0.29) is 18.2 Å². The van der Waals surface area contributed by atoms with E-state index in [0.717, 1.165) is 11.1 Å². The van der Waals surface area contributed by atoms with E-state index >= 15 is 0 Å². The van der Waals surface area contributed by atoms with Crippen LogP contribution in [0, 0.1) is 0 Å². The molecule has 3 aromatic rings. The van der Waals surface area contributed by atoms with E-state index in [1.54, 1.807) is 53.6 Å². The van der Waals surface area contributed by atoms with Crippen molar-refractivity contribution in [3.63, 3.8) is 0 Å². The molecule has 1 amide bonds. The Bertz CT molecular complexity index is 1040. The minimum atomic E-state index is -2.93. The van der Waals surface area contributed by atoms with Crippen molar-refractivity contribution in [1.82, 2.24) is 9.88 Å². The number of hydrogen-bond donors (Lipinski definition) is 1. The zero-order chi connectivity index (χ0) is 22.4. The van der Waals surface area contributed by atoms with Gasteiger partial charge in [0.1, 0.15) is 11.6 Å². The molecule has 0 unspecified atom stereocenters. The van der Waals surface area contributed by atoms with Crippen molar-refractivity contribution in [3.8, 4) is 16.9 Å². The topological polar surface area (TPSA) is 54.5 Å². The molecule has 0 aliphatic rings. The molecule has 0 aliphatic carbocycles. The van der Waals surface area contributed by atoms with Gasteiger partial charge in [0.25, 0.3) is 0 Å². The summed E-state index contributed by atoms with van der Waals surface area (Å²) in [5.74, 6) is 0.403. The molecule has 1 aromatic heterocycles. The first-order valence-corrected chi connectivity index (χ1v) is 9.91. The van der Waals surface area contributed by atoms with Crippen LogP contribution in [0.2, 0.25) is 5.02 Å². The molecule has 0 saturated carbocycles. The summed E-state index contributed by atoms with van der Waals surface area (Å²) in [5.41, 5.74) is 3.01. The first kappa shape index (κ1) is 22.7. The summed E-state index contributed by atoms with van der Waals surface area (Å²) in [6.07, 6.45) is 2.20. The highest BCUT2D eigenvalue weighted by Crippen LogP contribution is 2.34. The number of aromatic nitrogens is 1. The van der Waals surface area contributed by atoms with Gasteiger partial charge in [0.15, 0.2) is 0 Å². The van der Waals surface area contributed by atoms with Gasteiger partial charge >= 0.3 is 6.61 Å². The van der Waals surface area contributed by atoms with Crippen molar-refractivity contribution in [2.24, 2.45) is 0 Å². The Labute approximate surface area is 184 Å². The predicted molar refractivity (Wildman–Crippen MR) is 118 cm³/mol. The van der Waals surface area contributed by atoms with E-state index in [2.05, 4.69) is 10.3 Å². The molecular weight excluding hydrogens is 424 g/mol. The van der Waals surface area contributed by atoms with Crippen molar-refractivity contribution >= 4 is 23.3 Å². The second-order valence-electron chi connectivity index (χ2n) is 7.23. The third-order valence-electron chi connectivity index (χ3n) is 4.36. The average molecular weight is 446 g/mol. The number of hydrogen-bond acceptors (Lipinski definition) is 4. The number of ether oxygens (including phenoxy) is 1. The Balaban J connectivity index is 1.80. The summed E-state index contributed by atoms with van der Waals surface area (Å²) in [5, 5.41) is 3.24. The van der Waals surface area contributed by atoms with E-state index in [9.17, 15) is 13.6 Å². The number of amides is 1. The van der Waals surface area contributed by atoms with Crippen molar-refractivity contribution in [1.29, 1.82) is 0 Å². The van der Waals surface area contributed by atoms with Gasteiger partial charge in [-0.2, -0.15) is 8.78 Å². The Morgan fingerprint density at radius 2 is 1.90 bits per heavy atom. The number of halogens is 3. The van der Waals surface area contributed by atoms with Crippen LogP contribution in [0.25, 0.3) is 11.1 Å². The number of nitrogens with one attached hydrogen (secondary N) is 1. The third-order valence-corrected chi connectivity index (χ3v) is 4.59. The maximum absolute atomic E-state index is 12.9. The van der Waals surface area contributed by atoms with Crippen LogP contribution in [0.15, 0.2) is 60.8 Å². The van der Waals surface area contributed by atoms with Crippen LogP contribution in [0.3, 0.4) is 0 Å². The van der Waals surface area contributed by atoms with Gasteiger partial charge in [0.2, 0.25) is 5.91 Å². The van der Waals surface area contributed by atoms with E-state index in [1.807, 2.05) is 20.2 Å². The highest BCUT2D eigenvalue weighted by atomic mass is 35.5. The van der Waals surface area contributed by atoms with Gasteiger partial charge < -0.3 is 15.0 Å². The Hall–Kier alpha value is -3.03. The van der Waals surface area contributed by atoms with Crippen LogP contribution in [0.1, 0.15) is 11.1 Å². The second-order valence-corrected chi connectivity index (χ2v) is 7.67. The van der Waals surface area contributed by atoms with Crippen LogP contribution in [0.4, 0.5) is 14.6 Å². The highest BCUT2D eigenvalue weighted by molar-refractivity contribution is 6.30. The number of rotatable bonds is 8. The van der Waals surface area contributed by atoms with Crippen molar-refractivity contribution in [2.75, 3.05) is 26.0 Å². The molecule has 0 spiro atoms. The van der Waals surface area contributed by atoms with Crippen LogP contribution in [0.5, 0.6) is 5.75 Å². The first-order valence-electron chi connectivity index (χ1n) is 9.53. The highest BCUT2D eigenvalue weighted by Gasteiger charge is 2.13. The maximum Gasteiger partial charge on any atom is 0.387 e. The van der Waals surface area contributed by atoms with Crippen LogP contribution in [-0.2, 0) is 11.2 Å². The number of pyridine rings is 1. The standard InChI is InChI=1S/C23H22ClF2N3O2/c1-29(2)14-22(30)28-21-9-7-16(13-27-21)10-15-6-8-20(31-23(25)26)19(11-15)17-4-3-5-18(24)12-17/h3-9,11-13,23H,10,14H2,1-2H3,(H,27,28,30). The predicted octanol–water partition coefficient (Wildman–Crippen LogP) is 5.09. The second kappa shape index (κ2) is 10.3. The summed E-state index contributed by atoms with van der Waals surface area (Å²) >= 11 is 6.07. The zero-order valence-electron chi connectivity index (χ0n) is 17.1. The van der Waals surface area contributed by atoms with Crippen molar-refractivity contribution in [2.45, 2.75) is 13.0 Å². The van der Waals surface area contributed by atoms with Crippen molar-refractivity contribution < 1.29 is 18.3 Å². The Morgan fingerprint density at radius 3 is 2.55 bits per heavy atom. The zero-order valence-corrected chi connectivity index (χ0v) is 17.9. The lowest BCUT2D eigenvalue weighted by Gasteiger charge is -2.13. The van der Waals surface area contributed by atoms with E-state index in [4.69, 9.17) is 16.3 Å². The van der Waals surface area contributed by atoms with Gasteiger partial charge in [-0.3, -0.25) is 4.79 Å². The fraction of sp³-hybridized carbons (Fsp3) is 0.217. The van der Waals surface area contributed by atoms with Gasteiger partial charge in [0, 0.05) is 16.8 Å². The summed E-state index contributed by atoms with van der Waals surface area (Å²) < 4.78 is 30.4. The van der Waals surface area contributed by atoms with Gasteiger partial charge in [-0.1, -0.05) is 35.9 Å². The van der Waals surface area contributed by atoms with E-state index < -0.39 is 6.61 Å². The summed E-state index contributed by atoms with van der Waals surface area (Å²) in [4.78, 5) is 17.9. The Morgan fingerprint density at radius 1 is 1.13 bits per heavy atom. The molecule has 31 heavy (non-hydrogen) atoms. The quantitative estimate of drug-likeness (QED) is 0.524. The van der Waals surface area contributed by atoms with Gasteiger partial charge in [-0.25, -0.2) is 4.98 Å². The fourth-order valence-electron chi connectivity index (χ4n) is 3.08. The van der Waals surface area contributed by atoms with Crippen LogP contribution in [-0.4, -0.2) is 43.0 Å². The van der Waals surface area contributed by atoms with Gasteiger partial charge in [-0.05, 0) is 67.5 Å². The minimum absolute atomic E-state index is 0.0816. The summed E-state index contributed by atoms with van der Waals surface area (Å²) in [6.45, 7) is -2.66. The SMILES string of the molecule is CN(C)CC(=O)Nc1ccc(Cc2ccc(OC(F)F)c(-c3cccc(Cl)c3)c2)cn1. The molecule has 0 radical (unpaired) electrons. The summed E-state index contributed by atoms with van der Waals surface area (Å²) in [6, 6.07) is 15.6. The fourth-order valence-corrected chi connectivity index (χ4v) is 3.27. The van der Waals surface area contributed by atoms with Gasteiger partial charge in [-0.15, -0.1) is 0 Å². The number of carbonyl (C=O) groups is 1. The third kappa shape index (κ3) is 6.73. The van der Waals surface area contributed by atoms with E-state index in [0.29, 0.717) is 28.4 Å². The number of anilines is 1. The smallest absolute Gasteiger partial charge is 0.387 e. The molecule has 2 aromatic carbocycles. The molecule has 0 saturated heterocycles. The normalized spacial score (nSPS) is 11.1. The molecule has 8 heteroatoms. The lowest BCUT2D eigenvalue weighted by atomic mass is 9.99. The number of benzene rings is 2. The molecule has 5 nitrogen and oxygen atoms in total. The molecule has 0 atom stereocenters. The first-order chi connectivity index (χ1) is 14.8. The van der Waals surface area contributed by atoms with Gasteiger partial charge in [0.05, 0.1) is 6.54 Å². The lowest BCUT2D eigenvalue weighted by Crippen LogP contribution is -2.27. The number of alkyl halides is 2. The van der Waals surface area contributed by atoms with Crippen molar-refractivity contribution in [3.05, 3.63) is 76.9 Å². The van der Waals surface area contributed by atoms with E-state index in [1.165, 1.54) is 6.07 Å². The largest absolute Gasteiger partial charge is 0.434 e. The monoisotopic (exact) mass is 445 g/mol. The molecule has 1 heterocycles. The number of carbonyl (C=O) groups excluding carboxylic acids is 1. The summed E-state index contributed by atoms with van der Waals surface area (Å²) in [7, 11) is 3.62. The molecule has 0 fully saturated rings. The minimum Gasteiger partial charge on any atom is -0.434 e. The molecule has 3 rings (SSSR count). The maximum atomic E-state index is 12.9. The lowest BCUT2D eigenvalue weighted by molar-refractivity contribution is -0.116. The van der Waals surface area contributed by atoms with Crippen LogP contribution < -0.4 is 10.1 Å². The average Bonchev–Trinajstić information content (AvgIpc) is 2.69. The molecule has 162 valence electrons. The molecule has 0 bridgehead atoms. The van der Waals surface area contributed by atoms with Crippen LogP contribution >= 0.6 is 11.6 Å².